The van der Waals surface area contributed by atoms with E-state index in [9.17, 15) is 20.0 Å². The molecule has 4 aromatic rings. The second-order valence-corrected chi connectivity index (χ2v) is 8.83. The Balaban J connectivity index is 1.81. The molecule has 0 saturated carbocycles. The van der Waals surface area contributed by atoms with Crippen molar-refractivity contribution >= 4 is 21.6 Å². The van der Waals surface area contributed by atoms with Crippen molar-refractivity contribution in [2.75, 3.05) is 6.61 Å². The van der Waals surface area contributed by atoms with Gasteiger partial charge in [-0.15, -0.1) is 11.3 Å². The van der Waals surface area contributed by atoms with Gasteiger partial charge < -0.3 is 5.11 Å². The van der Waals surface area contributed by atoms with E-state index in [1.165, 1.54) is 11.3 Å². The molecule has 0 radical (unpaired) electrons. The predicted octanol–water partition coefficient (Wildman–Crippen LogP) is 3.93. The van der Waals surface area contributed by atoms with E-state index in [4.69, 9.17) is 0 Å². The highest BCUT2D eigenvalue weighted by molar-refractivity contribution is 7.18. The number of aliphatic hydroxyl groups is 1. The van der Waals surface area contributed by atoms with E-state index in [-0.39, 0.29) is 12.2 Å². The number of hydrogen-bond donors (Lipinski definition) is 1. The average Bonchev–Trinajstić information content (AvgIpc) is 3.27. The van der Waals surface area contributed by atoms with Gasteiger partial charge in [0.15, 0.2) is 0 Å². The number of benzene rings is 2. The summed E-state index contributed by atoms with van der Waals surface area (Å²) < 4.78 is 2.76. The molecular formula is C25H23N3O3S. The fourth-order valence-electron chi connectivity index (χ4n) is 3.81. The molecule has 2 aromatic heterocycles. The Bertz CT molecular complexity index is 1440. The molecule has 2 heterocycles. The van der Waals surface area contributed by atoms with E-state index in [1.807, 2.05) is 55.5 Å². The van der Waals surface area contributed by atoms with E-state index >= 15 is 0 Å². The van der Waals surface area contributed by atoms with Crippen molar-refractivity contribution in [3.63, 3.8) is 0 Å². The molecule has 0 spiro atoms. The first kappa shape index (κ1) is 21.8. The molecule has 7 heteroatoms. The number of hydrogen-bond acceptors (Lipinski definition) is 5. The van der Waals surface area contributed by atoms with Gasteiger partial charge in [0.05, 0.1) is 36.2 Å². The van der Waals surface area contributed by atoms with Gasteiger partial charge in [-0.05, 0) is 42.2 Å². The van der Waals surface area contributed by atoms with Crippen molar-refractivity contribution < 1.29 is 5.11 Å². The lowest BCUT2D eigenvalue weighted by atomic mass is 9.99. The number of fused-ring (bicyclic) bond motifs is 1. The fraction of sp³-hybridized carbons (Fsp3) is 0.240. The van der Waals surface area contributed by atoms with E-state index in [2.05, 4.69) is 6.07 Å². The highest BCUT2D eigenvalue weighted by atomic mass is 32.1. The second kappa shape index (κ2) is 8.95. The number of rotatable bonds is 6. The molecule has 0 saturated heterocycles. The maximum Gasteiger partial charge on any atom is 0.332 e. The Hall–Kier alpha value is -3.47. The summed E-state index contributed by atoms with van der Waals surface area (Å²) in [7, 11) is 0. The molecule has 0 amide bonds. The van der Waals surface area contributed by atoms with Crippen molar-refractivity contribution in [3.05, 3.63) is 91.4 Å². The Morgan fingerprint density at radius 1 is 1.12 bits per heavy atom. The Labute approximate surface area is 189 Å². The molecule has 0 aliphatic heterocycles. The maximum absolute atomic E-state index is 13.3. The highest BCUT2D eigenvalue weighted by Crippen LogP contribution is 2.26. The van der Waals surface area contributed by atoms with Gasteiger partial charge in [0.2, 0.25) is 0 Å². The van der Waals surface area contributed by atoms with Crippen LogP contribution in [0.3, 0.4) is 0 Å². The van der Waals surface area contributed by atoms with Crippen LogP contribution < -0.4 is 11.2 Å². The van der Waals surface area contributed by atoms with Crippen LogP contribution in [0.1, 0.15) is 35.9 Å². The Morgan fingerprint density at radius 2 is 1.84 bits per heavy atom. The van der Waals surface area contributed by atoms with Gasteiger partial charge in [-0.1, -0.05) is 49.4 Å². The predicted molar refractivity (Wildman–Crippen MR) is 127 cm³/mol. The minimum atomic E-state index is -0.611. The molecule has 1 atom stereocenters. The molecule has 0 aliphatic rings. The quantitative estimate of drug-likeness (QED) is 0.487. The Kier molecular flexibility index (Phi) is 6.08. The minimum Gasteiger partial charge on any atom is -0.394 e. The number of thiophene rings is 1. The molecule has 1 N–H and O–H groups in total. The summed E-state index contributed by atoms with van der Waals surface area (Å²) in [5.41, 5.74) is 2.51. The molecule has 0 aliphatic carbocycles. The van der Waals surface area contributed by atoms with Crippen LogP contribution in [0.25, 0.3) is 21.3 Å². The van der Waals surface area contributed by atoms with Gasteiger partial charge in [0, 0.05) is 4.88 Å². The van der Waals surface area contributed by atoms with Crippen LogP contribution in [0, 0.1) is 11.3 Å². The number of nitrogens with zero attached hydrogens (tertiary/aromatic N) is 3. The molecule has 4 rings (SSSR count). The molecular weight excluding hydrogens is 422 g/mol. The zero-order chi connectivity index (χ0) is 22.8. The summed E-state index contributed by atoms with van der Waals surface area (Å²) in [4.78, 5) is 27.9. The summed E-state index contributed by atoms with van der Waals surface area (Å²) in [5, 5.41) is 19.5. The molecule has 0 bridgehead atoms. The lowest BCUT2D eigenvalue weighted by molar-refractivity contribution is 0.232. The van der Waals surface area contributed by atoms with Crippen LogP contribution in [0.5, 0.6) is 0 Å². The first-order valence-corrected chi connectivity index (χ1v) is 11.3. The normalized spacial score (nSPS) is 12.1. The van der Waals surface area contributed by atoms with Gasteiger partial charge >= 0.3 is 5.69 Å². The fourth-order valence-corrected chi connectivity index (χ4v) is 4.89. The van der Waals surface area contributed by atoms with Crippen LogP contribution >= 0.6 is 11.3 Å². The van der Waals surface area contributed by atoms with Gasteiger partial charge in [-0.25, -0.2) is 4.79 Å². The average molecular weight is 446 g/mol. The number of aromatic nitrogens is 2. The smallest absolute Gasteiger partial charge is 0.332 e. The lowest BCUT2D eigenvalue weighted by Crippen LogP contribution is -2.42. The van der Waals surface area contributed by atoms with E-state index in [1.54, 1.807) is 17.6 Å². The number of aryl methyl sites for hydroxylation is 1. The first-order valence-electron chi connectivity index (χ1n) is 10.5. The monoisotopic (exact) mass is 445 g/mol. The number of aliphatic hydroxyl groups excluding tert-OH is 1. The van der Waals surface area contributed by atoms with Crippen molar-refractivity contribution in [3.8, 4) is 17.2 Å². The van der Waals surface area contributed by atoms with Crippen molar-refractivity contribution in [1.29, 1.82) is 5.26 Å². The van der Waals surface area contributed by atoms with Crippen LogP contribution in [-0.2, 0) is 13.0 Å². The second-order valence-electron chi connectivity index (χ2n) is 7.71. The highest BCUT2D eigenvalue weighted by Gasteiger charge is 2.19. The zero-order valence-corrected chi connectivity index (χ0v) is 18.7. The molecule has 0 fully saturated rings. The van der Waals surface area contributed by atoms with E-state index < -0.39 is 11.7 Å². The summed E-state index contributed by atoms with van der Waals surface area (Å²) in [6, 6.07) is 18.6. The van der Waals surface area contributed by atoms with E-state index in [0.29, 0.717) is 22.3 Å². The number of nitriles is 1. The van der Waals surface area contributed by atoms with Crippen molar-refractivity contribution in [2.45, 2.75) is 32.9 Å². The van der Waals surface area contributed by atoms with Crippen molar-refractivity contribution in [2.24, 2.45) is 0 Å². The van der Waals surface area contributed by atoms with Crippen LogP contribution in [0.2, 0.25) is 0 Å². The molecule has 162 valence electrons. The third kappa shape index (κ3) is 3.79. The molecule has 1 unspecified atom stereocenters. The van der Waals surface area contributed by atoms with E-state index in [0.717, 1.165) is 32.6 Å². The summed E-state index contributed by atoms with van der Waals surface area (Å²) in [6.07, 6.45) is 0.773. The molecule has 32 heavy (non-hydrogen) atoms. The van der Waals surface area contributed by atoms with Crippen LogP contribution in [0.15, 0.2) is 64.2 Å². The lowest BCUT2D eigenvalue weighted by Gasteiger charge is -2.16. The third-order valence-electron chi connectivity index (χ3n) is 5.60. The summed E-state index contributed by atoms with van der Waals surface area (Å²) >= 11 is 1.46. The van der Waals surface area contributed by atoms with Gasteiger partial charge in [0.1, 0.15) is 4.83 Å². The zero-order valence-electron chi connectivity index (χ0n) is 17.9. The van der Waals surface area contributed by atoms with Crippen LogP contribution in [0.4, 0.5) is 0 Å². The largest absolute Gasteiger partial charge is 0.394 e. The topological polar surface area (TPSA) is 88.0 Å². The van der Waals surface area contributed by atoms with Gasteiger partial charge in [-0.3, -0.25) is 13.9 Å². The Morgan fingerprint density at radius 3 is 2.50 bits per heavy atom. The standard InChI is InChI=1S/C25H23N3O3S/c1-3-20-12-22-23(30)28(16(2)15-29)25(31)27(24(22)32-20)14-17-8-10-18(11-9-17)21-7-5-4-6-19(21)13-26/h4-12,16,29H,3,14-15H2,1-2H3. The summed E-state index contributed by atoms with van der Waals surface area (Å²) in [6.45, 7) is 3.68. The SMILES string of the molecule is CCc1cc2c(=O)n(C(C)CO)c(=O)n(Cc3ccc(-c4ccccc4C#N)cc3)c2s1. The van der Waals surface area contributed by atoms with Crippen molar-refractivity contribution in [1.82, 2.24) is 9.13 Å². The molecule has 2 aromatic carbocycles. The maximum atomic E-state index is 13.3. The third-order valence-corrected chi connectivity index (χ3v) is 6.90. The molecule has 6 nitrogen and oxygen atoms in total. The van der Waals surface area contributed by atoms with Gasteiger partial charge in [-0.2, -0.15) is 5.26 Å². The first-order chi connectivity index (χ1) is 15.5. The summed E-state index contributed by atoms with van der Waals surface area (Å²) in [5.74, 6) is 0. The minimum absolute atomic E-state index is 0.293. The van der Waals surface area contributed by atoms with Gasteiger partial charge in [0.25, 0.3) is 5.56 Å². The van der Waals surface area contributed by atoms with Crippen LogP contribution in [-0.4, -0.2) is 20.8 Å².